The minimum atomic E-state index is -0.708. The standard InChI is InChI=1S/C14H23N3O2/c1-3-4-12(5-6-14(18)19)7-8-15-13-9-11(2)16-10-17-13/h9-10,12H,3-8H2,1-2H3,(H,18,19)(H,15,16,17). The van der Waals surface area contributed by atoms with E-state index < -0.39 is 5.97 Å². The number of carboxylic acids is 1. The minimum absolute atomic E-state index is 0.261. The summed E-state index contributed by atoms with van der Waals surface area (Å²) in [5.74, 6) is 0.595. The van der Waals surface area contributed by atoms with Gasteiger partial charge in [0.2, 0.25) is 0 Å². The van der Waals surface area contributed by atoms with Crippen LogP contribution in [0.2, 0.25) is 0 Å². The van der Waals surface area contributed by atoms with Gasteiger partial charge in [0.05, 0.1) is 0 Å². The van der Waals surface area contributed by atoms with E-state index in [0.717, 1.165) is 43.7 Å². The molecule has 0 aliphatic heterocycles. The van der Waals surface area contributed by atoms with Crippen LogP contribution in [0, 0.1) is 12.8 Å². The topological polar surface area (TPSA) is 75.1 Å². The molecule has 0 aliphatic carbocycles. The lowest BCUT2D eigenvalue weighted by Gasteiger charge is -2.15. The number of anilines is 1. The smallest absolute Gasteiger partial charge is 0.303 e. The summed E-state index contributed by atoms with van der Waals surface area (Å²) < 4.78 is 0. The average Bonchev–Trinajstić information content (AvgIpc) is 2.36. The zero-order chi connectivity index (χ0) is 14.1. The second-order valence-electron chi connectivity index (χ2n) is 4.85. The summed E-state index contributed by atoms with van der Waals surface area (Å²) in [6, 6.07) is 1.91. The number of nitrogens with zero attached hydrogens (tertiary/aromatic N) is 2. The summed E-state index contributed by atoms with van der Waals surface area (Å²) in [5, 5.41) is 12.0. The summed E-state index contributed by atoms with van der Waals surface area (Å²) in [4.78, 5) is 18.8. The molecule has 0 fully saturated rings. The Morgan fingerprint density at radius 1 is 1.37 bits per heavy atom. The molecule has 1 heterocycles. The number of hydrogen-bond acceptors (Lipinski definition) is 4. The van der Waals surface area contributed by atoms with E-state index >= 15 is 0 Å². The number of carbonyl (C=O) groups is 1. The van der Waals surface area contributed by atoms with Gasteiger partial charge in [0.25, 0.3) is 0 Å². The molecule has 5 nitrogen and oxygen atoms in total. The molecule has 5 heteroatoms. The molecule has 1 atom stereocenters. The Morgan fingerprint density at radius 2 is 2.16 bits per heavy atom. The highest BCUT2D eigenvalue weighted by Crippen LogP contribution is 2.18. The van der Waals surface area contributed by atoms with Gasteiger partial charge >= 0.3 is 5.97 Å². The molecule has 0 spiro atoms. The lowest BCUT2D eigenvalue weighted by Crippen LogP contribution is -2.11. The molecule has 1 aromatic rings. The van der Waals surface area contributed by atoms with Crippen LogP contribution in [-0.4, -0.2) is 27.6 Å². The van der Waals surface area contributed by atoms with E-state index in [9.17, 15) is 4.79 Å². The number of aromatic nitrogens is 2. The molecule has 0 amide bonds. The quantitative estimate of drug-likeness (QED) is 0.718. The van der Waals surface area contributed by atoms with Gasteiger partial charge in [-0.15, -0.1) is 0 Å². The molecule has 0 saturated carbocycles. The monoisotopic (exact) mass is 265 g/mol. The third kappa shape index (κ3) is 6.74. The molecule has 0 radical (unpaired) electrons. The number of aliphatic carboxylic acids is 1. The minimum Gasteiger partial charge on any atom is -0.481 e. The highest BCUT2D eigenvalue weighted by molar-refractivity contribution is 5.66. The molecule has 2 N–H and O–H groups in total. The van der Waals surface area contributed by atoms with Gasteiger partial charge in [0.1, 0.15) is 12.1 Å². The number of aryl methyl sites for hydroxylation is 1. The molecule has 1 unspecified atom stereocenters. The van der Waals surface area contributed by atoms with Crippen LogP contribution in [0.15, 0.2) is 12.4 Å². The molecule has 1 rings (SSSR count). The fraction of sp³-hybridized carbons (Fsp3) is 0.643. The van der Waals surface area contributed by atoms with Crippen molar-refractivity contribution in [1.29, 1.82) is 0 Å². The first-order valence-corrected chi connectivity index (χ1v) is 6.86. The maximum Gasteiger partial charge on any atom is 0.303 e. The van der Waals surface area contributed by atoms with Crippen molar-refractivity contribution in [3.8, 4) is 0 Å². The number of carboxylic acid groups (broad SMARTS) is 1. The molecule has 0 aromatic carbocycles. The van der Waals surface area contributed by atoms with Gasteiger partial charge in [0, 0.05) is 24.7 Å². The van der Waals surface area contributed by atoms with Gasteiger partial charge in [-0.2, -0.15) is 0 Å². The van der Waals surface area contributed by atoms with E-state index in [4.69, 9.17) is 5.11 Å². The number of hydrogen-bond donors (Lipinski definition) is 2. The summed E-state index contributed by atoms with van der Waals surface area (Å²) >= 11 is 0. The Labute approximate surface area is 114 Å². The lowest BCUT2D eigenvalue weighted by molar-refractivity contribution is -0.137. The average molecular weight is 265 g/mol. The molecule has 0 aliphatic rings. The van der Waals surface area contributed by atoms with Crippen molar-refractivity contribution in [3.63, 3.8) is 0 Å². The first kappa shape index (κ1) is 15.4. The third-order valence-corrected chi connectivity index (χ3v) is 3.13. The Balaban J connectivity index is 2.32. The van der Waals surface area contributed by atoms with Gasteiger partial charge < -0.3 is 10.4 Å². The zero-order valence-corrected chi connectivity index (χ0v) is 11.7. The van der Waals surface area contributed by atoms with E-state index in [2.05, 4.69) is 22.2 Å². The summed E-state index contributed by atoms with van der Waals surface area (Å²) in [7, 11) is 0. The molecule has 19 heavy (non-hydrogen) atoms. The number of rotatable bonds is 9. The highest BCUT2D eigenvalue weighted by atomic mass is 16.4. The second kappa shape index (κ2) is 8.45. The molecule has 0 saturated heterocycles. The summed E-state index contributed by atoms with van der Waals surface area (Å²) in [5.41, 5.74) is 0.938. The summed E-state index contributed by atoms with van der Waals surface area (Å²) in [6.45, 7) is 4.88. The normalized spacial score (nSPS) is 12.1. The molecule has 106 valence electrons. The largest absolute Gasteiger partial charge is 0.481 e. The van der Waals surface area contributed by atoms with E-state index in [1.165, 1.54) is 0 Å². The Morgan fingerprint density at radius 3 is 2.79 bits per heavy atom. The molecular formula is C14H23N3O2. The Kier molecular flexibility index (Phi) is 6.85. The van der Waals surface area contributed by atoms with Crippen molar-refractivity contribution in [2.45, 2.75) is 46.0 Å². The fourth-order valence-electron chi connectivity index (χ4n) is 2.12. The van der Waals surface area contributed by atoms with Crippen molar-refractivity contribution in [3.05, 3.63) is 18.1 Å². The van der Waals surface area contributed by atoms with Crippen LogP contribution in [-0.2, 0) is 4.79 Å². The van der Waals surface area contributed by atoms with Gasteiger partial charge in [-0.1, -0.05) is 19.8 Å². The van der Waals surface area contributed by atoms with Gasteiger partial charge in [-0.25, -0.2) is 9.97 Å². The third-order valence-electron chi connectivity index (χ3n) is 3.13. The van der Waals surface area contributed by atoms with E-state index in [1.807, 2.05) is 13.0 Å². The first-order chi connectivity index (χ1) is 9.11. The van der Waals surface area contributed by atoms with E-state index in [1.54, 1.807) is 6.33 Å². The highest BCUT2D eigenvalue weighted by Gasteiger charge is 2.10. The molecular weight excluding hydrogens is 242 g/mol. The van der Waals surface area contributed by atoms with Crippen LogP contribution >= 0.6 is 0 Å². The van der Waals surface area contributed by atoms with Gasteiger partial charge in [0.15, 0.2) is 0 Å². The predicted molar refractivity (Wildman–Crippen MR) is 75.1 cm³/mol. The van der Waals surface area contributed by atoms with Crippen LogP contribution in [0.4, 0.5) is 5.82 Å². The molecule has 1 aromatic heterocycles. The van der Waals surface area contributed by atoms with Crippen molar-refractivity contribution in [2.75, 3.05) is 11.9 Å². The number of nitrogens with one attached hydrogen (secondary N) is 1. The summed E-state index contributed by atoms with van der Waals surface area (Å²) in [6.07, 6.45) is 5.72. The zero-order valence-electron chi connectivity index (χ0n) is 11.7. The Hall–Kier alpha value is -1.65. The SMILES string of the molecule is CCCC(CCNc1cc(C)ncn1)CCC(=O)O. The van der Waals surface area contributed by atoms with Gasteiger partial charge in [-0.3, -0.25) is 4.79 Å². The fourth-order valence-corrected chi connectivity index (χ4v) is 2.12. The van der Waals surface area contributed by atoms with E-state index in [0.29, 0.717) is 5.92 Å². The predicted octanol–water partition coefficient (Wildman–Crippen LogP) is 2.87. The van der Waals surface area contributed by atoms with Crippen molar-refractivity contribution in [1.82, 2.24) is 9.97 Å². The van der Waals surface area contributed by atoms with Crippen LogP contribution < -0.4 is 5.32 Å². The first-order valence-electron chi connectivity index (χ1n) is 6.86. The van der Waals surface area contributed by atoms with Gasteiger partial charge in [-0.05, 0) is 25.7 Å². The van der Waals surface area contributed by atoms with Crippen LogP contribution in [0.1, 0.15) is 44.7 Å². The van der Waals surface area contributed by atoms with E-state index in [-0.39, 0.29) is 6.42 Å². The van der Waals surface area contributed by atoms with Crippen LogP contribution in [0.5, 0.6) is 0 Å². The lowest BCUT2D eigenvalue weighted by atomic mass is 9.94. The van der Waals surface area contributed by atoms with Crippen molar-refractivity contribution in [2.24, 2.45) is 5.92 Å². The second-order valence-corrected chi connectivity index (χ2v) is 4.85. The maximum absolute atomic E-state index is 10.6. The van der Waals surface area contributed by atoms with Crippen molar-refractivity contribution >= 4 is 11.8 Å². The maximum atomic E-state index is 10.6. The Bertz CT molecular complexity index is 396. The van der Waals surface area contributed by atoms with Crippen LogP contribution in [0.25, 0.3) is 0 Å². The van der Waals surface area contributed by atoms with Crippen molar-refractivity contribution < 1.29 is 9.90 Å². The molecule has 0 bridgehead atoms. The van der Waals surface area contributed by atoms with Crippen LogP contribution in [0.3, 0.4) is 0 Å².